The molecule has 49 heavy (non-hydrogen) atoms. The molecule has 1 N–H and O–H groups in total. The molecule has 0 aliphatic heterocycles. The first kappa shape index (κ1) is 37.0. The number of halogens is 3. The minimum absolute atomic E-state index is 0.164. The van der Waals surface area contributed by atoms with E-state index in [-0.39, 0.29) is 5.78 Å². The Bertz CT molecular complexity index is 1830. The number of ketones is 1. The zero-order valence-electron chi connectivity index (χ0n) is 29.3. The van der Waals surface area contributed by atoms with Crippen LogP contribution in [-0.2, 0) is 19.0 Å². The summed E-state index contributed by atoms with van der Waals surface area (Å²) in [5.74, 6) is 0.481. The van der Waals surface area contributed by atoms with Crippen molar-refractivity contribution < 1.29 is 18.0 Å². The Hall–Kier alpha value is -4.84. The predicted octanol–water partition coefficient (Wildman–Crippen LogP) is 11.8. The summed E-state index contributed by atoms with van der Waals surface area (Å²) in [5.41, 5.74) is 10.4. The van der Waals surface area contributed by atoms with E-state index in [0.29, 0.717) is 23.6 Å². The van der Waals surface area contributed by atoms with Gasteiger partial charge in [0.25, 0.3) is 0 Å². The number of allylic oxidation sites excluding steroid dienone is 1. The van der Waals surface area contributed by atoms with Crippen molar-refractivity contribution in [1.29, 1.82) is 0 Å². The van der Waals surface area contributed by atoms with Crippen molar-refractivity contribution in [2.75, 3.05) is 19.4 Å². The molecule has 0 bridgehead atoms. The summed E-state index contributed by atoms with van der Waals surface area (Å²) in [7, 11) is 3.90. The standard InChI is InChI=1S/C43H47F3N2O/c1-9-42(49)35-19-18-34(39(27-35)28(2)3)25-29(4)13-12-14-32-17-24-41(40(26-32)31(6)48(7)8)47-30(5)37-15-10-11-16-38(37)33-20-22-36(23-21-33)43(44,45)46/h10-11,15-24,26-28,47H,4-6,9,12-14,25H2,1-3,7-8H3. The largest absolute Gasteiger partial charge is 0.416 e. The van der Waals surface area contributed by atoms with Crippen LogP contribution in [0, 0.1) is 0 Å². The summed E-state index contributed by atoms with van der Waals surface area (Å²) < 4.78 is 39.5. The van der Waals surface area contributed by atoms with Gasteiger partial charge >= 0.3 is 6.18 Å². The van der Waals surface area contributed by atoms with E-state index in [1.807, 2.05) is 62.3 Å². The van der Waals surface area contributed by atoms with Crippen LogP contribution in [0.3, 0.4) is 0 Å². The number of anilines is 1. The maximum Gasteiger partial charge on any atom is 0.416 e. The molecule has 4 aromatic carbocycles. The lowest BCUT2D eigenvalue weighted by molar-refractivity contribution is -0.137. The Morgan fingerprint density at radius 2 is 1.57 bits per heavy atom. The number of carbonyl (C=O) groups is 1. The first-order valence-electron chi connectivity index (χ1n) is 16.7. The molecular weight excluding hydrogens is 617 g/mol. The molecule has 0 aliphatic carbocycles. The van der Waals surface area contributed by atoms with Crippen LogP contribution < -0.4 is 5.32 Å². The van der Waals surface area contributed by atoms with Gasteiger partial charge in [-0.1, -0.05) is 101 Å². The van der Waals surface area contributed by atoms with Crippen LogP contribution in [0.15, 0.2) is 110 Å². The van der Waals surface area contributed by atoms with Gasteiger partial charge in [0.05, 0.1) is 5.56 Å². The Balaban J connectivity index is 1.48. The van der Waals surface area contributed by atoms with Crippen LogP contribution in [-0.4, -0.2) is 24.8 Å². The third kappa shape index (κ3) is 9.41. The lowest BCUT2D eigenvalue weighted by atomic mass is 9.89. The Labute approximate surface area is 289 Å². The summed E-state index contributed by atoms with van der Waals surface area (Å²) in [5, 5.41) is 3.47. The van der Waals surface area contributed by atoms with Crippen LogP contribution in [0.2, 0.25) is 0 Å². The lowest BCUT2D eigenvalue weighted by Crippen LogP contribution is -2.11. The van der Waals surface area contributed by atoms with Crippen molar-refractivity contribution in [3.8, 4) is 11.1 Å². The fourth-order valence-corrected chi connectivity index (χ4v) is 5.97. The molecule has 0 fully saturated rings. The first-order valence-corrected chi connectivity index (χ1v) is 16.7. The quantitative estimate of drug-likeness (QED) is 0.101. The fraction of sp³-hybridized carbons (Fsp3) is 0.279. The molecule has 0 heterocycles. The highest BCUT2D eigenvalue weighted by Crippen LogP contribution is 2.35. The Morgan fingerprint density at radius 1 is 0.878 bits per heavy atom. The minimum Gasteiger partial charge on any atom is -0.378 e. The second-order valence-corrected chi connectivity index (χ2v) is 13.1. The Kier molecular flexibility index (Phi) is 12.1. The van der Waals surface area contributed by atoms with E-state index in [0.717, 1.165) is 77.0 Å². The maximum atomic E-state index is 13.2. The van der Waals surface area contributed by atoms with Gasteiger partial charge in [0.2, 0.25) is 0 Å². The molecule has 3 nitrogen and oxygen atoms in total. The lowest BCUT2D eigenvalue weighted by Gasteiger charge is -2.22. The van der Waals surface area contributed by atoms with Gasteiger partial charge in [-0.15, -0.1) is 0 Å². The predicted molar refractivity (Wildman–Crippen MR) is 200 cm³/mol. The van der Waals surface area contributed by atoms with E-state index in [4.69, 9.17) is 0 Å². The highest BCUT2D eigenvalue weighted by molar-refractivity contribution is 5.96. The number of alkyl halides is 3. The molecule has 256 valence electrons. The second kappa shape index (κ2) is 16.0. The second-order valence-electron chi connectivity index (χ2n) is 13.1. The van der Waals surface area contributed by atoms with Crippen molar-refractivity contribution in [1.82, 2.24) is 4.90 Å². The van der Waals surface area contributed by atoms with E-state index >= 15 is 0 Å². The van der Waals surface area contributed by atoms with Crippen molar-refractivity contribution in [2.45, 2.75) is 65.0 Å². The number of hydrogen-bond acceptors (Lipinski definition) is 3. The number of nitrogens with one attached hydrogen (secondary N) is 1. The third-order valence-corrected chi connectivity index (χ3v) is 8.84. The van der Waals surface area contributed by atoms with Crippen LogP contribution in [0.1, 0.15) is 89.7 Å². The number of rotatable bonds is 15. The van der Waals surface area contributed by atoms with Gasteiger partial charge in [0, 0.05) is 54.3 Å². The zero-order valence-corrected chi connectivity index (χ0v) is 29.3. The average Bonchev–Trinajstić information content (AvgIpc) is 3.07. The van der Waals surface area contributed by atoms with Gasteiger partial charge in [0.1, 0.15) is 0 Å². The number of benzene rings is 4. The maximum absolute atomic E-state index is 13.2. The number of Topliss-reactive ketones (excluding diaryl/α,β-unsaturated/α-hetero) is 1. The topological polar surface area (TPSA) is 32.3 Å². The number of aryl methyl sites for hydroxylation is 1. The van der Waals surface area contributed by atoms with Crippen LogP contribution in [0.25, 0.3) is 22.5 Å². The third-order valence-electron chi connectivity index (χ3n) is 8.84. The summed E-state index contributed by atoms with van der Waals surface area (Å²) in [6.45, 7) is 19.2. The number of hydrogen-bond donors (Lipinski definition) is 1. The van der Waals surface area contributed by atoms with Gasteiger partial charge in [-0.2, -0.15) is 13.2 Å². The highest BCUT2D eigenvalue weighted by Gasteiger charge is 2.30. The van der Waals surface area contributed by atoms with Crippen molar-refractivity contribution in [3.63, 3.8) is 0 Å². The number of carbonyl (C=O) groups excluding carboxylic acids is 1. The first-order chi connectivity index (χ1) is 23.2. The molecule has 0 saturated heterocycles. The molecule has 4 rings (SSSR count). The van der Waals surface area contributed by atoms with Crippen molar-refractivity contribution in [2.24, 2.45) is 0 Å². The molecule has 0 radical (unpaired) electrons. The van der Waals surface area contributed by atoms with E-state index in [2.05, 4.69) is 63.2 Å². The van der Waals surface area contributed by atoms with Crippen molar-refractivity contribution >= 4 is 22.9 Å². The van der Waals surface area contributed by atoms with Crippen LogP contribution in [0.4, 0.5) is 18.9 Å². The zero-order chi connectivity index (χ0) is 35.9. The molecule has 6 heteroatoms. The summed E-state index contributed by atoms with van der Waals surface area (Å²) in [6, 6.07) is 25.1. The monoisotopic (exact) mass is 664 g/mol. The summed E-state index contributed by atoms with van der Waals surface area (Å²) in [6.07, 6.45) is -0.415. The molecule has 0 amide bonds. The van der Waals surface area contributed by atoms with Crippen LogP contribution >= 0.6 is 0 Å². The van der Waals surface area contributed by atoms with Crippen molar-refractivity contribution in [3.05, 3.63) is 149 Å². The van der Waals surface area contributed by atoms with E-state index in [1.54, 1.807) is 0 Å². The van der Waals surface area contributed by atoms with Crippen LogP contribution in [0.5, 0.6) is 0 Å². The van der Waals surface area contributed by atoms with E-state index in [1.165, 1.54) is 28.8 Å². The molecule has 0 unspecified atom stereocenters. The molecule has 0 spiro atoms. The highest BCUT2D eigenvalue weighted by atomic mass is 19.4. The van der Waals surface area contributed by atoms with Gasteiger partial charge in [-0.25, -0.2) is 0 Å². The molecule has 0 saturated carbocycles. The molecule has 4 aromatic rings. The van der Waals surface area contributed by atoms with E-state index in [9.17, 15) is 18.0 Å². The van der Waals surface area contributed by atoms with Gasteiger partial charge in [-0.05, 0) is 89.8 Å². The minimum atomic E-state index is -4.39. The molecule has 0 aromatic heterocycles. The van der Waals surface area contributed by atoms with E-state index < -0.39 is 11.7 Å². The SMILES string of the molecule is C=C(CCCc1ccc(NC(=C)c2ccccc2-c2ccc(C(F)(F)F)cc2)c(C(=C)N(C)C)c1)Cc1ccc(C(=O)CC)cc1C(C)C. The van der Waals surface area contributed by atoms with Gasteiger partial charge < -0.3 is 10.2 Å². The molecule has 0 aliphatic rings. The fourth-order valence-electron chi connectivity index (χ4n) is 5.97. The molecular formula is C43H47F3N2O. The normalized spacial score (nSPS) is 11.4. The number of nitrogens with zero attached hydrogens (tertiary/aromatic N) is 1. The Morgan fingerprint density at radius 3 is 2.20 bits per heavy atom. The molecule has 0 atom stereocenters. The summed E-state index contributed by atoms with van der Waals surface area (Å²) in [4.78, 5) is 14.2. The van der Waals surface area contributed by atoms with Gasteiger partial charge in [-0.3, -0.25) is 4.79 Å². The smallest absolute Gasteiger partial charge is 0.378 e. The van der Waals surface area contributed by atoms with Gasteiger partial charge in [0.15, 0.2) is 5.78 Å². The average molecular weight is 665 g/mol. The summed E-state index contributed by atoms with van der Waals surface area (Å²) >= 11 is 0.